The van der Waals surface area contributed by atoms with E-state index in [0.29, 0.717) is 25.3 Å². The van der Waals surface area contributed by atoms with Crippen LogP contribution in [0.25, 0.3) is 0 Å². The SMILES string of the molecule is CC1(C)CCN(S(=O)(=O)c2cccc(F)c2C#N)CCS1. The Hall–Kier alpha value is -1.10. The van der Waals surface area contributed by atoms with Crippen molar-refractivity contribution in [1.29, 1.82) is 5.26 Å². The predicted molar refractivity (Wildman–Crippen MR) is 81.0 cm³/mol. The fraction of sp³-hybridized carbons (Fsp3) is 0.500. The van der Waals surface area contributed by atoms with Crippen LogP contribution >= 0.6 is 11.8 Å². The molecule has 1 aliphatic heterocycles. The van der Waals surface area contributed by atoms with E-state index in [-0.39, 0.29) is 9.64 Å². The van der Waals surface area contributed by atoms with Crippen LogP contribution in [-0.2, 0) is 10.0 Å². The quantitative estimate of drug-likeness (QED) is 0.837. The van der Waals surface area contributed by atoms with Crippen LogP contribution in [0.4, 0.5) is 4.39 Å². The minimum atomic E-state index is -3.84. The van der Waals surface area contributed by atoms with Gasteiger partial charge in [-0.15, -0.1) is 0 Å². The predicted octanol–water partition coefficient (Wildman–Crippen LogP) is 2.60. The zero-order chi connectivity index (χ0) is 15.7. The van der Waals surface area contributed by atoms with Crippen molar-refractivity contribution in [2.75, 3.05) is 18.8 Å². The molecule has 1 aromatic rings. The van der Waals surface area contributed by atoms with E-state index in [9.17, 15) is 12.8 Å². The Morgan fingerprint density at radius 3 is 2.76 bits per heavy atom. The highest BCUT2D eigenvalue weighted by molar-refractivity contribution is 8.00. The topological polar surface area (TPSA) is 61.2 Å². The second kappa shape index (κ2) is 5.95. The third kappa shape index (κ3) is 3.39. The molecule has 7 heteroatoms. The number of benzene rings is 1. The first-order valence-electron chi connectivity index (χ1n) is 6.61. The number of nitriles is 1. The zero-order valence-corrected chi connectivity index (χ0v) is 13.6. The van der Waals surface area contributed by atoms with Crippen LogP contribution in [0.5, 0.6) is 0 Å². The second-order valence-corrected chi connectivity index (χ2v) is 9.20. The van der Waals surface area contributed by atoms with Crippen molar-refractivity contribution in [3.05, 3.63) is 29.6 Å². The molecular weight excluding hydrogens is 311 g/mol. The van der Waals surface area contributed by atoms with Crippen LogP contribution in [0.3, 0.4) is 0 Å². The molecule has 0 N–H and O–H groups in total. The largest absolute Gasteiger partial charge is 0.244 e. The van der Waals surface area contributed by atoms with E-state index in [2.05, 4.69) is 13.8 Å². The maximum Gasteiger partial charge on any atom is 0.244 e. The Morgan fingerprint density at radius 2 is 2.10 bits per heavy atom. The van der Waals surface area contributed by atoms with Gasteiger partial charge in [0.15, 0.2) is 0 Å². The molecule has 1 aliphatic rings. The van der Waals surface area contributed by atoms with Crippen LogP contribution in [-0.4, -0.2) is 36.3 Å². The van der Waals surface area contributed by atoms with Gasteiger partial charge in [0.2, 0.25) is 10.0 Å². The fourth-order valence-corrected chi connectivity index (χ4v) is 5.02. The maximum atomic E-state index is 13.6. The average molecular weight is 328 g/mol. The molecule has 1 heterocycles. The van der Waals surface area contributed by atoms with Gasteiger partial charge in [0.25, 0.3) is 0 Å². The van der Waals surface area contributed by atoms with Gasteiger partial charge in [-0.1, -0.05) is 19.9 Å². The highest BCUT2D eigenvalue weighted by Crippen LogP contribution is 2.33. The Morgan fingerprint density at radius 1 is 1.38 bits per heavy atom. The van der Waals surface area contributed by atoms with Gasteiger partial charge in [0.05, 0.1) is 0 Å². The van der Waals surface area contributed by atoms with Gasteiger partial charge in [0, 0.05) is 23.6 Å². The number of hydrogen-bond acceptors (Lipinski definition) is 4. The van der Waals surface area contributed by atoms with Crippen LogP contribution in [0.2, 0.25) is 0 Å². The normalized spacial score (nSPS) is 19.7. The van der Waals surface area contributed by atoms with E-state index in [4.69, 9.17) is 5.26 Å². The second-order valence-electron chi connectivity index (χ2n) is 5.49. The number of nitrogens with zero attached hydrogens (tertiary/aromatic N) is 2. The summed E-state index contributed by atoms with van der Waals surface area (Å²) in [5, 5.41) is 9.02. The fourth-order valence-electron chi connectivity index (χ4n) is 2.21. The number of hydrogen-bond donors (Lipinski definition) is 0. The monoisotopic (exact) mass is 328 g/mol. The molecule has 0 aromatic heterocycles. The van der Waals surface area contributed by atoms with Gasteiger partial charge < -0.3 is 0 Å². The van der Waals surface area contributed by atoms with Crippen molar-refractivity contribution in [2.24, 2.45) is 0 Å². The number of thioether (sulfide) groups is 1. The average Bonchev–Trinajstić information content (AvgIpc) is 2.59. The van der Waals surface area contributed by atoms with Gasteiger partial charge >= 0.3 is 0 Å². The Kier molecular flexibility index (Phi) is 4.61. The summed E-state index contributed by atoms with van der Waals surface area (Å²) in [5.41, 5.74) is -0.409. The first-order chi connectivity index (χ1) is 9.78. The molecule has 0 bridgehead atoms. The molecular formula is C14H17FN2O2S2. The van der Waals surface area contributed by atoms with E-state index in [1.165, 1.54) is 16.4 Å². The highest BCUT2D eigenvalue weighted by atomic mass is 32.2. The summed E-state index contributed by atoms with van der Waals surface area (Å²) in [7, 11) is -3.84. The van der Waals surface area contributed by atoms with Crippen LogP contribution in [0.15, 0.2) is 23.1 Å². The van der Waals surface area contributed by atoms with Crippen molar-refractivity contribution in [3.8, 4) is 6.07 Å². The van der Waals surface area contributed by atoms with Crippen LogP contribution < -0.4 is 0 Å². The standard InChI is InChI=1S/C14H17FN2O2S2/c1-14(2)6-7-17(8-9-20-14)21(18,19)13-5-3-4-12(15)11(13)10-16/h3-5H,6-9H2,1-2H3. The minimum absolute atomic E-state index is 0.0181. The molecule has 0 radical (unpaired) electrons. The summed E-state index contributed by atoms with van der Waals surface area (Å²) in [6.07, 6.45) is 0.716. The summed E-state index contributed by atoms with van der Waals surface area (Å²) in [4.78, 5) is -0.241. The lowest BCUT2D eigenvalue weighted by Crippen LogP contribution is -2.34. The molecule has 1 fully saturated rings. The molecule has 0 amide bonds. The van der Waals surface area contributed by atoms with Crippen molar-refractivity contribution in [3.63, 3.8) is 0 Å². The Labute approximate surface area is 129 Å². The van der Waals surface area contributed by atoms with Gasteiger partial charge in [0.1, 0.15) is 22.3 Å². The zero-order valence-electron chi connectivity index (χ0n) is 12.0. The van der Waals surface area contributed by atoms with Crippen molar-refractivity contribution >= 4 is 21.8 Å². The molecule has 0 aliphatic carbocycles. The smallest absolute Gasteiger partial charge is 0.207 e. The molecule has 2 rings (SSSR count). The van der Waals surface area contributed by atoms with Gasteiger partial charge in [-0.05, 0) is 18.6 Å². The Balaban J connectivity index is 2.39. The van der Waals surface area contributed by atoms with E-state index in [1.54, 1.807) is 17.8 Å². The summed E-state index contributed by atoms with van der Waals surface area (Å²) in [5.74, 6) is -0.119. The number of halogens is 1. The first kappa shape index (κ1) is 16.3. The van der Waals surface area contributed by atoms with Crippen molar-refractivity contribution in [2.45, 2.75) is 29.9 Å². The lowest BCUT2D eigenvalue weighted by Gasteiger charge is -2.22. The summed E-state index contributed by atoms with van der Waals surface area (Å²) >= 11 is 1.72. The van der Waals surface area contributed by atoms with Gasteiger partial charge in [-0.3, -0.25) is 0 Å². The van der Waals surface area contributed by atoms with Gasteiger partial charge in [-0.25, -0.2) is 12.8 Å². The number of rotatable bonds is 2. The minimum Gasteiger partial charge on any atom is -0.207 e. The molecule has 21 heavy (non-hydrogen) atoms. The first-order valence-corrected chi connectivity index (χ1v) is 9.03. The molecule has 0 saturated carbocycles. The lowest BCUT2D eigenvalue weighted by molar-refractivity contribution is 0.415. The lowest BCUT2D eigenvalue weighted by atomic mass is 10.1. The van der Waals surface area contributed by atoms with E-state index < -0.39 is 21.4 Å². The maximum absolute atomic E-state index is 13.6. The van der Waals surface area contributed by atoms with Crippen LogP contribution in [0, 0.1) is 17.1 Å². The Bertz CT molecular complexity index is 681. The van der Waals surface area contributed by atoms with Crippen LogP contribution in [0.1, 0.15) is 25.8 Å². The molecule has 0 atom stereocenters. The number of sulfonamides is 1. The summed E-state index contributed by atoms with van der Waals surface area (Å²) < 4.78 is 40.4. The third-order valence-electron chi connectivity index (χ3n) is 3.50. The third-order valence-corrected chi connectivity index (χ3v) is 6.82. The van der Waals surface area contributed by atoms with Crippen molar-refractivity contribution in [1.82, 2.24) is 4.31 Å². The molecule has 114 valence electrons. The molecule has 1 aromatic carbocycles. The van der Waals surface area contributed by atoms with E-state index in [1.807, 2.05) is 0 Å². The highest BCUT2D eigenvalue weighted by Gasteiger charge is 2.32. The van der Waals surface area contributed by atoms with E-state index in [0.717, 1.165) is 6.07 Å². The molecule has 0 spiro atoms. The van der Waals surface area contributed by atoms with E-state index >= 15 is 0 Å². The van der Waals surface area contributed by atoms with Gasteiger partial charge in [-0.2, -0.15) is 21.3 Å². The van der Waals surface area contributed by atoms with Crippen molar-refractivity contribution < 1.29 is 12.8 Å². The summed E-state index contributed by atoms with van der Waals surface area (Å²) in [6.45, 7) is 4.91. The molecule has 0 unspecified atom stereocenters. The molecule has 1 saturated heterocycles. The summed E-state index contributed by atoms with van der Waals surface area (Å²) in [6, 6.07) is 5.36. The molecule has 4 nitrogen and oxygen atoms in total.